The van der Waals surface area contributed by atoms with Crippen LogP contribution in [0.2, 0.25) is 0 Å². The molecule has 2 N–H and O–H groups in total. The number of rotatable bonds is 8. The first-order chi connectivity index (χ1) is 22.0. The predicted octanol–water partition coefficient (Wildman–Crippen LogP) is 5.63. The Morgan fingerprint density at radius 1 is 0.957 bits per heavy atom. The number of sulfonamides is 1. The summed E-state index contributed by atoms with van der Waals surface area (Å²) in [7, 11) is -2.31. The van der Waals surface area contributed by atoms with Gasteiger partial charge >= 0.3 is 0 Å². The first kappa shape index (κ1) is 30.6. The number of carbonyl (C=O) groups excluding carboxylic acids is 1. The third-order valence-corrected chi connectivity index (χ3v) is 8.89. The normalized spacial score (nSPS) is 11.7. The monoisotopic (exact) mass is 643 g/mol. The van der Waals surface area contributed by atoms with Crippen LogP contribution >= 0.6 is 0 Å². The van der Waals surface area contributed by atoms with Crippen molar-refractivity contribution in [1.29, 1.82) is 0 Å². The third-order valence-electron chi connectivity index (χ3n) is 7.60. The summed E-state index contributed by atoms with van der Waals surface area (Å²) in [6, 6.07) is 16.2. The van der Waals surface area contributed by atoms with Gasteiger partial charge in [-0.15, -0.1) is 0 Å². The highest BCUT2D eigenvalue weighted by molar-refractivity contribution is 7.92. The zero-order valence-electron chi connectivity index (χ0n) is 24.9. The minimum atomic E-state index is -3.78. The molecule has 3 aromatic carbocycles. The molecule has 10 nitrogen and oxygen atoms in total. The summed E-state index contributed by atoms with van der Waals surface area (Å²) in [5, 5.41) is 3.23. The van der Waals surface area contributed by atoms with Crippen LogP contribution in [0.15, 0.2) is 82.1 Å². The van der Waals surface area contributed by atoms with Gasteiger partial charge in [-0.25, -0.2) is 22.2 Å². The highest BCUT2D eigenvalue weighted by atomic mass is 32.2. The molecular formula is C33H27F2N5O5S. The van der Waals surface area contributed by atoms with Crippen LogP contribution in [0, 0.1) is 18.6 Å². The van der Waals surface area contributed by atoms with Crippen molar-refractivity contribution < 1.29 is 26.4 Å². The molecule has 1 amide bonds. The molecule has 0 unspecified atom stereocenters. The zero-order chi connectivity index (χ0) is 32.7. The highest BCUT2D eigenvalue weighted by Crippen LogP contribution is 2.40. The summed E-state index contributed by atoms with van der Waals surface area (Å²) < 4.78 is 62.8. The van der Waals surface area contributed by atoms with Crippen LogP contribution in [0.4, 0.5) is 14.5 Å². The molecule has 6 aromatic rings. The second-order valence-electron chi connectivity index (χ2n) is 10.5. The number of benzene rings is 3. The van der Waals surface area contributed by atoms with Gasteiger partial charge in [-0.2, -0.15) is 0 Å². The number of aryl methyl sites for hydroxylation is 1. The van der Waals surface area contributed by atoms with Crippen molar-refractivity contribution in [2.24, 2.45) is 0 Å². The SMILES string of the molecule is CCS(=O)(=O)Nc1cc2oc(-c3ccc(F)cc3)c(C(=O)NC)c2cc1-c1ccc2nc(C)n(Cc3ccc(F)cn3)c(=O)c2c1. The van der Waals surface area contributed by atoms with E-state index in [-0.39, 0.29) is 45.8 Å². The van der Waals surface area contributed by atoms with Crippen molar-refractivity contribution in [2.45, 2.75) is 20.4 Å². The van der Waals surface area contributed by atoms with Gasteiger partial charge in [0.25, 0.3) is 11.5 Å². The average molecular weight is 644 g/mol. The fourth-order valence-corrected chi connectivity index (χ4v) is 5.86. The lowest BCUT2D eigenvalue weighted by Gasteiger charge is -2.14. The van der Waals surface area contributed by atoms with Crippen molar-refractivity contribution in [3.8, 4) is 22.5 Å². The van der Waals surface area contributed by atoms with Gasteiger partial charge in [0.1, 0.15) is 28.8 Å². The number of anilines is 1. The van der Waals surface area contributed by atoms with E-state index < -0.39 is 27.6 Å². The Morgan fingerprint density at radius 2 is 1.67 bits per heavy atom. The van der Waals surface area contributed by atoms with E-state index in [1.165, 1.54) is 61.0 Å². The maximum absolute atomic E-state index is 13.8. The summed E-state index contributed by atoms with van der Waals surface area (Å²) in [5.41, 5.74) is 2.32. The maximum Gasteiger partial charge on any atom is 0.261 e. The largest absolute Gasteiger partial charge is 0.455 e. The van der Waals surface area contributed by atoms with E-state index in [0.717, 1.165) is 6.20 Å². The molecule has 0 aliphatic heterocycles. The molecule has 46 heavy (non-hydrogen) atoms. The fourth-order valence-electron chi connectivity index (χ4n) is 5.21. The minimum absolute atomic E-state index is 0.0578. The Balaban J connectivity index is 1.58. The molecule has 13 heteroatoms. The Kier molecular flexibility index (Phi) is 7.86. The Morgan fingerprint density at radius 3 is 2.35 bits per heavy atom. The number of hydrogen-bond acceptors (Lipinski definition) is 7. The number of nitrogens with zero attached hydrogens (tertiary/aromatic N) is 3. The van der Waals surface area contributed by atoms with E-state index >= 15 is 0 Å². The van der Waals surface area contributed by atoms with Gasteiger partial charge in [0.15, 0.2) is 0 Å². The van der Waals surface area contributed by atoms with Gasteiger partial charge in [0, 0.05) is 29.6 Å². The van der Waals surface area contributed by atoms with Crippen LogP contribution in [0.5, 0.6) is 0 Å². The number of amides is 1. The quantitative estimate of drug-likeness (QED) is 0.220. The number of halogens is 2. The number of aromatic nitrogens is 3. The molecule has 6 rings (SSSR count). The van der Waals surface area contributed by atoms with Crippen LogP contribution in [0.3, 0.4) is 0 Å². The number of pyridine rings is 1. The molecule has 0 atom stereocenters. The minimum Gasteiger partial charge on any atom is -0.455 e. The first-order valence-corrected chi connectivity index (χ1v) is 15.8. The Hall–Kier alpha value is -5.43. The Labute approximate surface area is 261 Å². The number of fused-ring (bicyclic) bond motifs is 2. The summed E-state index contributed by atoms with van der Waals surface area (Å²) in [4.78, 5) is 35.6. The highest BCUT2D eigenvalue weighted by Gasteiger charge is 2.25. The molecule has 3 aromatic heterocycles. The summed E-state index contributed by atoms with van der Waals surface area (Å²) in [6.45, 7) is 3.23. The standard InChI is InChI=1S/C33H27F2N5O5S/c1-4-46(43,44)39-28-15-29-26(30(32(41)36-3)31(45-29)19-5-8-21(34)9-6-19)14-24(28)20-7-12-27-25(13-20)33(42)40(18(2)38-27)17-23-11-10-22(35)16-37-23/h5-16,39H,4,17H2,1-3H3,(H,36,41). The van der Waals surface area contributed by atoms with E-state index in [9.17, 15) is 26.8 Å². The number of hydrogen-bond donors (Lipinski definition) is 2. The van der Waals surface area contributed by atoms with Crippen molar-refractivity contribution in [3.63, 3.8) is 0 Å². The lowest BCUT2D eigenvalue weighted by Crippen LogP contribution is -2.25. The van der Waals surface area contributed by atoms with Crippen molar-refractivity contribution in [2.75, 3.05) is 17.5 Å². The predicted molar refractivity (Wildman–Crippen MR) is 171 cm³/mol. The van der Waals surface area contributed by atoms with Crippen LogP contribution in [0.1, 0.15) is 28.8 Å². The third kappa shape index (κ3) is 5.72. The molecular weight excluding hydrogens is 616 g/mol. The molecule has 0 radical (unpaired) electrons. The second kappa shape index (κ2) is 11.8. The second-order valence-corrected chi connectivity index (χ2v) is 12.6. The first-order valence-electron chi connectivity index (χ1n) is 14.2. The lowest BCUT2D eigenvalue weighted by atomic mass is 9.98. The number of carbonyl (C=O) groups is 1. The molecule has 3 heterocycles. The van der Waals surface area contributed by atoms with Gasteiger partial charge in [-0.05, 0) is 74.0 Å². The summed E-state index contributed by atoms with van der Waals surface area (Å²) in [5.74, 6) is -1.05. The van der Waals surface area contributed by atoms with E-state index in [2.05, 4.69) is 20.0 Å². The number of nitrogens with one attached hydrogen (secondary N) is 2. The van der Waals surface area contributed by atoms with Crippen LogP contribution in [-0.2, 0) is 16.6 Å². The van der Waals surface area contributed by atoms with Gasteiger partial charge in [0.2, 0.25) is 10.0 Å². The van der Waals surface area contributed by atoms with E-state index in [1.54, 1.807) is 31.2 Å². The van der Waals surface area contributed by atoms with Crippen LogP contribution < -0.4 is 15.6 Å². The topological polar surface area (TPSA) is 136 Å². The fraction of sp³-hybridized carbons (Fsp3) is 0.152. The summed E-state index contributed by atoms with van der Waals surface area (Å²) in [6.07, 6.45) is 1.07. The van der Waals surface area contributed by atoms with Crippen LogP contribution in [0.25, 0.3) is 44.3 Å². The number of furan rings is 1. The van der Waals surface area contributed by atoms with Gasteiger partial charge in [-0.1, -0.05) is 6.07 Å². The van der Waals surface area contributed by atoms with Crippen molar-refractivity contribution >= 4 is 43.5 Å². The van der Waals surface area contributed by atoms with Gasteiger partial charge in [0.05, 0.1) is 46.3 Å². The van der Waals surface area contributed by atoms with E-state index in [0.29, 0.717) is 39.1 Å². The van der Waals surface area contributed by atoms with Gasteiger partial charge in [-0.3, -0.25) is 23.9 Å². The molecule has 0 bridgehead atoms. The molecule has 0 aliphatic carbocycles. The van der Waals surface area contributed by atoms with Crippen molar-refractivity contribution in [1.82, 2.24) is 19.9 Å². The van der Waals surface area contributed by atoms with Crippen molar-refractivity contribution in [3.05, 3.63) is 112 Å². The molecule has 0 saturated carbocycles. The average Bonchev–Trinajstić information content (AvgIpc) is 3.41. The zero-order valence-corrected chi connectivity index (χ0v) is 25.7. The van der Waals surface area contributed by atoms with E-state index in [1.807, 2.05) is 0 Å². The van der Waals surface area contributed by atoms with Crippen LogP contribution in [-0.4, -0.2) is 41.7 Å². The van der Waals surface area contributed by atoms with Gasteiger partial charge < -0.3 is 9.73 Å². The smallest absolute Gasteiger partial charge is 0.261 e. The molecule has 0 saturated heterocycles. The maximum atomic E-state index is 13.8. The van der Waals surface area contributed by atoms with E-state index in [4.69, 9.17) is 4.42 Å². The molecule has 0 fully saturated rings. The molecule has 0 aliphatic rings. The molecule has 0 spiro atoms. The summed E-state index contributed by atoms with van der Waals surface area (Å²) >= 11 is 0. The Bertz CT molecular complexity index is 2320. The molecule has 234 valence electrons. The lowest BCUT2D eigenvalue weighted by molar-refractivity contribution is 0.0964.